The fraction of sp³-hybridized carbons (Fsp3) is 0.682. The number of nitrogens with one attached hydrogen (secondary N) is 1. The van der Waals surface area contributed by atoms with Gasteiger partial charge in [0.05, 0.1) is 4.90 Å². The molecule has 4 aliphatic carbocycles. The molecule has 1 aliphatic heterocycles. The second-order valence-electron chi connectivity index (χ2n) is 9.49. The molecule has 1 aromatic carbocycles. The zero-order chi connectivity index (χ0) is 20.1. The molecule has 158 valence electrons. The number of carbonyl (C=O) groups excluding carboxylic acids is 1. The van der Waals surface area contributed by atoms with Crippen LogP contribution >= 0.6 is 11.8 Å². The van der Waals surface area contributed by atoms with Crippen LogP contribution < -0.4 is 9.62 Å². The number of rotatable bonds is 7. The van der Waals surface area contributed by atoms with Crippen LogP contribution in [0.3, 0.4) is 0 Å². The molecular formula is C22H30N2O3S2. The van der Waals surface area contributed by atoms with Gasteiger partial charge in [0.25, 0.3) is 0 Å². The maximum Gasteiger partial charge on any atom is 0.240 e. The van der Waals surface area contributed by atoms with Crippen molar-refractivity contribution in [2.24, 2.45) is 17.8 Å². The standard InChI is InChI=1S/C22H30N2O3S2/c25-21-2-1-8-24(21)19-3-5-20(6-4-19)29(26,27)23-7-9-28-22-13-16-10-17(14-22)12-18(11-16)15-22/h3-6,16-18,23H,1-2,7-15H2. The number of anilines is 1. The molecule has 0 atom stereocenters. The SMILES string of the molecule is O=C1CCCN1c1ccc(S(=O)(=O)NCCSC23CC4CC(CC(C4)C2)C3)cc1. The summed E-state index contributed by atoms with van der Waals surface area (Å²) in [6, 6.07) is 6.69. The van der Waals surface area contributed by atoms with E-state index in [-0.39, 0.29) is 10.8 Å². The Balaban J connectivity index is 1.15. The summed E-state index contributed by atoms with van der Waals surface area (Å²) in [6.07, 6.45) is 9.76. The number of amides is 1. The summed E-state index contributed by atoms with van der Waals surface area (Å²) in [5.74, 6) is 3.72. The third-order valence-electron chi connectivity index (χ3n) is 7.32. The van der Waals surface area contributed by atoms with E-state index in [9.17, 15) is 13.2 Å². The summed E-state index contributed by atoms with van der Waals surface area (Å²) in [4.78, 5) is 13.9. The van der Waals surface area contributed by atoms with Crippen molar-refractivity contribution < 1.29 is 13.2 Å². The lowest BCUT2D eigenvalue weighted by atomic mass is 9.56. The van der Waals surface area contributed by atoms with E-state index in [1.54, 1.807) is 29.2 Å². The van der Waals surface area contributed by atoms with Gasteiger partial charge < -0.3 is 4.90 Å². The summed E-state index contributed by atoms with van der Waals surface area (Å²) in [6.45, 7) is 1.19. The second kappa shape index (κ2) is 7.57. The number of thioether (sulfide) groups is 1. The van der Waals surface area contributed by atoms with Gasteiger partial charge in [0.2, 0.25) is 15.9 Å². The Hall–Kier alpha value is -1.05. The molecule has 0 unspecified atom stereocenters. The molecule has 1 heterocycles. The molecule has 0 aromatic heterocycles. The molecule has 5 nitrogen and oxygen atoms in total. The smallest absolute Gasteiger partial charge is 0.240 e. The Kier molecular flexibility index (Phi) is 5.19. The molecule has 5 aliphatic rings. The average molecular weight is 435 g/mol. The topological polar surface area (TPSA) is 66.5 Å². The van der Waals surface area contributed by atoms with Crippen LogP contribution in [0.15, 0.2) is 29.2 Å². The van der Waals surface area contributed by atoms with Gasteiger partial charge in [0.15, 0.2) is 0 Å². The average Bonchev–Trinajstić information content (AvgIpc) is 3.10. The van der Waals surface area contributed by atoms with Crippen LogP contribution in [-0.4, -0.2) is 37.9 Å². The lowest BCUT2D eigenvalue weighted by Gasteiger charge is -2.56. The molecule has 0 spiro atoms. The highest BCUT2D eigenvalue weighted by Gasteiger charge is 2.50. The van der Waals surface area contributed by atoms with Gasteiger partial charge in [-0.15, -0.1) is 0 Å². The van der Waals surface area contributed by atoms with E-state index in [0.717, 1.165) is 35.6 Å². The van der Waals surface area contributed by atoms with E-state index in [1.165, 1.54) is 38.5 Å². The number of carbonyl (C=O) groups is 1. The van der Waals surface area contributed by atoms with Gasteiger partial charge in [-0.2, -0.15) is 11.8 Å². The number of benzene rings is 1. The first-order valence-electron chi connectivity index (χ1n) is 11.0. The predicted molar refractivity (Wildman–Crippen MR) is 117 cm³/mol. The fourth-order valence-corrected chi connectivity index (χ4v) is 9.32. The largest absolute Gasteiger partial charge is 0.312 e. The molecule has 1 N–H and O–H groups in total. The molecule has 6 rings (SSSR count). The maximum absolute atomic E-state index is 12.7. The Morgan fingerprint density at radius 2 is 1.66 bits per heavy atom. The molecule has 5 fully saturated rings. The highest BCUT2D eigenvalue weighted by atomic mass is 32.2. The van der Waals surface area contributed by atoms with Crippen LogP contribution in [0.5, 0.6) is 0 Å². The molecule has 4 saturated carbocycles. The van der Waals surface area contributed by atoms with E-state index < -0.39 is 10.0 Å². The van der Waals surface area contributed by atoms with Gasteiger partial charge in [-0.1, -0.05) is 0 Å². The molecule has 0 radical (unpaired) electrons. The van der Waals surface area contributed by atoms with Crippen LogP contribution in [0.25, 0.3) is 0 Å². The zero-order valence-electron chi connectivity index (χ0n) is 16.8. The van der Waals surface area contributed by atoms with Gasteiger partial charge >= 0.3 is 0 Å². The summed E-state index contributed by atoms with van der Waals surface area (Å²) in [7, 11) is -3.51. The number of sulfonamides is 1. The zero-order valence-corrected chi connectivity index (χ0v) is 18.4. The van der Waals surface area contributed by atoms with Crippen molar-refractivity contribution in [2.75, 3.05) is 23.7 Å². The van der Waals surface area contributed by atoms with E-state index in [0.29, 0.717) is 24.3 Å². The minimum Gasteiger partial charge on any atom is -0.312 e. The molecule has 4 bridgehead atoms. The third-order valence-corrected chi connectivity index (χ3v) is 10.3. The Labute approximate surface area is 178 Å². The highest BCUT2D eigenvalue weighted by Crippen LogP contribution is 2.60. The number of hydrogen-bond acceptors (Lipinski definition) is 4. The van der Waals surface area contributed by atoms with E-state index in [4.69, 9.17) is 0 Å². The summed E-state index contributed by atoms with van der Waals surface area (Å²) in [5, 5.41) is 0. The first-order chi connectivity index (χ1) is 13.9. The molecule has 7 heteroatoms. The summed E-state index contributed by atoms with van der Waals surface area (Å²) in [5.41, 5.74) is 0.781. The first kappa shape index (κ1) is 19.9. The van der Waals surface area contributed by atoms with Crippen molar-refractivity contribution in [3.05, 3.63) is 24.3 Å². The molecule has 1 saturated heterocycles. The van der Waals surface area contributed by atoms with Gasteiger partial charge in [0, 0.05) is 35.7 Å². The van der Waals surface area contributed by atoms with Crippen molar-refractivity contribution in [1.29, 1.82) is 0 Å². The van der Waals surface area contributed by atoms with Gasteiger partial charge in [-0.05, 0) is 87.0 Å². The quantitative estimate of drug-likeness (QED) is 0.663. The van der Waals surface area contributed by atoms with Crippen molar-refractivity contribution in [3.8, 4) is 0 Å². The fourth-order valence-electron chi connectivity index (χ4n) is 6.46. The first-order valence-corrected chi connectivity index (χ1v) is 13.4. The van der Waals surface area contributed by atoms with Crippen LogP contribution in [0.2, 0.25) is 0 Å². The van der Waals surface area contributed by atoms with Gasteiger partial charge in [-0.3, -0.25) is 4.79 Å². The van der Waals surface area contributed by atoms with Crippen molar-refractivity contribution in [2.45, 2.75) is 61.0 Å². The van der Waals surface area contributed by atoms with Gasteiger partial charge in [-0.25, -0.2) is 13.1 Å². The number of hydrogen-bond donors (Lipinski definition) is 1. The van der Waals surface area contributed by atoms with Crippen molar-refractivity contribution in [3.63, 3.8) is 0 Å². The van der Waals surface area contributed by atoms with E-state index >= 15 is 0 Å². The summed E-state index contributed by atoms with van der Waals surface area (Å²) < 4.78 is 28.5. The molecule has 1 aromatic rings. The minimum absolute atomic E-state index is 0.112. The Bertz CT molecular complexity index is 847. The molecular weight excluding hydrogens is 404 g/mol. The molecule has 29 heavy (non-hydrogen) atoms. The van der Waals surface area contributed by atoms with Crippen LogP contribution in [0.4, 0.5) is 5.69 Å². The molecule has 1 amide bonds. The third kappa shape index (κ3) is 3.98. The van der Waals surface area contributed by atoms with Crippen molar-refractivity contribution >= 4 is 33.4 Å². The number of nitrogens with zero attached hydrogens (tertiary/aromatic N) is 1. The van der Waals surface area contributed by atoms with Crippen LogP contribution in [0, 0.1) is 17.8 Å². The Morgan fingerprint density at radius 1 is 1.03 bits per heavy atom. The monoisotopic (exact) mass is 434 g/mol. The van der Waals surface area contributed by atoms with Gasteiger partial charge in [0.1, 0.15) is 0 Å². The summed E-state index contributed by atoms with van der Waals surface area (Å²) >= 11 is 2.02. The maximum atomic E-state index is 12.7. The lowest BCUT2D eigenvalue weighted by molar-refractivity contribution is -0.117. The van der Waals surface area contributed by atoms with Crippen LogP contribution in [-0.2, 0) is 14.8 Å². The van der Waals surface area contributed by atoms with E-state index in [1.807, 2.05) is 11.8 Å². The van der Waals surface area contributed by atoms with Crippen LogP contribution in [0.1, 0.15) is 51.4 Å². The Morgan fingerprint density at radius 3 is 2.21 bits per heavy atom. The second-order valence-corrected chi connectivity index (χ2v) is 12.8. The normalized spacial score (nSPS) is 33.6. The lowest BCUT2D eigenvalue weighted by Crippen LogP contribution is -2.48. The highest BCUT2D eigenvalue weighted by molar-refractivity contribution is 8.00. The van der Waals surface area contributed by atoms with E-state index in [2.05, 4.69) is 4.72 Å². The minimum atomic E-state index is -3.51. The predicted octanol–water partition coefficient (Wildman–Crippen LogP) is 3.79. The van der Waals surface area contributed by atoms with Crippen molar-refractivity contribution in [1.82, 2.24) is 4.72 Å².